The zero-order valence-corrected chi connectivity index (χ0v) is 13.5. The number of ether oxygens (including phenoxy) is 1. The van der Waals surface area contributed by atoms with Crippen molar-refractivity contribution in [2.45, 2.75) is 38.9 Å². The Morgan fingerprint density at radius 1 is 1.33 bits per heavy atom. The molecule has 0 aliphatic carbocycles. The number of anilines is 1. The number of aromatic nitrogens is 1. The molecule has 1 aromatic heterocycles. The van der Waals surface area contributed by atoms with E-state index >= 15 is 0 Å². The van der Waals surface area contributed by atoms with Gasteiger partial charge in [0.05, 0.1) is 18.3 Å². The smallest absolute Gasteiger partial charge is 0.480 e. The van der Waals surface area contributed by atoms with Gasteiger partial charge in [0.1, 0.15) is 5.69 Å². The highest BCUT2D eigenvalue weighted by Gasteiger charge is 2.51. The first-order valence-electron chi connectivity index (χ1n) is 6.43. The predicted molar refractivity (Wildman–Crippen MR) is 80.9 cm³/mol. The molecule has 1 aliphatic rings. The van der Waals surface area contributed by atoms with Crippen molar-refractivity contribution in [1.82, 2.24) is 4.98 Å². The number of nitrogens with zero attached hydrogens (tertiary/aromatic N) is 1. The summed E-state index contributed by atoms with van der Waals surface area (Å²) in [6.07, 6.45) is 1.56. The van der Waals surface area contributed by atoms with Gasteiger partial charge in [0.25, 0.3) is 11.3 Å². The number of pyridine rings is 1. The highest BCUT2D eigenvalue weighted by Crippen LogP contribution is 2.36. The lowest BCUT2D eigenvalue weighted by molar-refractivity contribution is 0.00578. The summed E-state index contributed by atoms with van der Waals surface area (Å²) in [4.78, 5) is 4.10. The van der Waals surface area contributed by atoms with Crippen molar-refractivity contribution in [3.8, 4) is 5.88 Å². The second-order valence-electron chi connectivity index (χ2n) is 5.76. The van der Waals surface area contributed by atoms with Gasteiger partial charge in [-0.2, -0.15) is 0 Å². The highest BCUT2D eigenvalue weighted by atomic mass is 32.2. The van der Waals surface area contributed by atoms with Crippen LogP contribution in [0.15, 0.2) is 12.3 Å². The molecular formula is C12H19BN2O5S. The van der Waals surface area contributed by atoms with Crippen LogP contribution >= 0.6 is 0 Å². The third kappa shape index (κ3) is 3.21. The molecule has 0 aromatic carbocycles. The van der Waals surface area contributed by atoms with E-state index < -0.39 is 29.6 Å². The van der Waals surface area contributed by atoms with Crippen molar-refractivity contribution >= 4 is 29.5 Å². The van der Waals surface area contributed by atoms with E-state index in [1.807, 2.05) is 27.7 Å². The van der Waals surface area contributed by atoms with Crippen LogP contribution in [-0.4, -0.2) is 39.2 Å². The highest BCUT2D eigenvalue weighted by molar-refractivity contribution is 7.80. The average molecular weight is 314 g/mol. The third-order valence-corrected chi connectivity index (χ3v) is 4.18. The number of hydrogen-bond acceptors (Lipinski definition) is 5. The molecule has 1 saturated heterocycles. The molecule has 9 heteroatoms. The van der Waals surface area contributed by atoms with Crippen LogP contribution in [0.1, 0.15) is 27.7 Å². The minimum Gasteiger partial charge on any atom is -0.480 e. The van der Waals surface area contributed by atoms with Gasteiger partial charge in [-0.15, -0.1) is 0 Å². The van der Waals surface area contributed by atoms with Crippen LogP contribution in [0.25, 0.3) is 0 Å². The van der Waals surface area contributed by atoms with Crippen LogP contribution in [0, 0.1) is 0 Å². The van der Waals surface area contributed by atoms with E-state index in [1.54, 1.807) is 12.3 Å². The van der Waals surface area contributed by atoms with Gasteiger partial charge < -0.3 is 14.0 Å². The molecule has 1 aromatic rings. The van der Waals surface area contributed by atoms with Crippen molar-refractivity contribution in [1.29, 1.82) is 0 Å². The zero-order chi connectivity index (χ0) is 15.8. The molecule has 2 heterocycles. The van der Waals surface area contributed by atoms with E-state index in [0.717, 1.165) is 0 Å². The Bertz CT molecular complexity index is 551. The van der Waals surface area contributed by atoms with Gasteiger partial charge in [0, 0.05) is 11.7 Å². The number of hydrogen-bond donors (Lipinski definition) is 2. The van der Waals surface area contributed by atoms with Gasteiger partial charge in [0.2, 0.25) is 5.88 Å². The van der Waals surface area contributed by atoms with Gasteiger partial charge in [0.15, 0.2) is 0 Å². The summed E-state index contributed by atoms with van der Waals surface area (Å²) in [5.74, 6) is 0.220. The maximum Gasteiger partial charge on any atom is 0.496 e. The first-order valence-corrected chi connectivity index (χ1v) is 7.54. The van der Waals surface area contributed by atoms with Crippen molar-refractivity contribution in [3.05, 3.63) is 12.3 Å². The van der Waals surface area contributed by atoms with Crippen LogP contribution in [0.4, 0.5) is 5.69 Å². The van der Waals surface area contributed by atoms with Crippen molar-refractivity contribution in [2.75, 3.05) is 11.8 Å². The Hall–Kier alpha value is -1.16. The number of nitrogens with one attached hydrogen (secondary N) is 1. The Labute approximate surface area is 126 Å². The molecule has 1 aliphatic heterocycles. The SMILES string of the molecule is COc1ncc(B2OC(C)(C)C(C)(C)O2)cc1NS(=O)O. The molecule has 7 nitrogen and oxygen atoms in total. The molecule has 0 radical (unpaired) electrons. The topological polar surface area (TPSA) is 89.9 Å². The summed E-state index contributed by atoms with van der Waals surface area (Å²) in [5.41, 5.74) is 0.00336. The molecule has 2 rings (SSSR count). The molecule has 0 amide bonds. The van der Waals surface area contributed by atoms with Crippen LogP contribution < -0.4 is 14.9 Å². The summed E-state index contributed by atoms with van der Waals surface area (Å²) in [5, 5.41) is 0. The molecular weight excluding hydrogens is 295 g/mol. The minimum atomic E-state index is -2.22. The molecule has 1 atom stereocenters. The summed E-state index contributed by atoms with van der Waals surface area (Å²) < 4.78 is 39.1. The minimum absolute atomic E-state index is 0.220. The van der Waals surface area contributed by atoms with Gasteiger partial charge in [-0.25, -0.2) is 9.19 Å². The summed E-state index contributed by atoms with van der Waals surface area (Å²) in [6, 6.07) is 1.63. The fourth-order valence-corrected chi connectivity index (χ4v) is 2.24. The van der Waals surface area contributed by atoms with Crippen molar-refractivity contribution in [3.63, 3.8) is 0 Å². The largest absolute Gasteiger partial charge is 0.496 e. The van der Waals surface area contributed by atoms with Crippen molar-refractivity contribution < 1.29 is 22.8 Å². The molecule has 1 fully saturated rings. The molecule has 0 saturated carbocycles. The molecule has 2 N–H and O–H groups in total. The summed E-state index contributed by atoms with van der Waals surface area (Å²) >= 11 is -2.22. The van der Waals surface area contributed by atoms with Crippen LogP contribution in [0.5, 0.6) is 5.88 Å². The first kappa shape index (κ1) is 16.2. The number of methoxy groups -OCH3 is 1. The summed E-state index contributed by atoms with van der Waals surface area (Å²) in [7, 11) is 0.837. The maximum absolute atomic E-state index is 10.9. The molecule has 116 valence electrons. The lowest BCUT2D eigenvalue weighted by Crippen LogP contribution is -2.41. The van der Waals surface area contributed by atoms with Crippen molar-refractivity contribution in [2.24, 2.45) is 0 Å². The van der Waals surface area contributed by atoms with Gasteiger partial charge >= 0.3 is 7.12 Å². The van der Waals surface area contributed by atoms with E-state index in [1.165, 1.54) is 7.11 Å². The summed E-state index contributed by atoms with van der Waals surface area (Å²) in [6.45, 7) is 7.80. The van der Waals surface area contributed by atoms with Crippen LogP contribution in [-0.2, 0) is 20.6 Å². The van der Waals surface area contributed by atoms with E-state index in [0.29, 0.717) is 11.2 Å². The quantitative estimate of drug-likeness (QED) is 0.635. The Morgan fingerprint density at radius 2 is 1.90 bits per heavy atom. The lowest BCUT2D eigenvalue weighted by atomic mass is 9.80. The Balaban J connectivity index is 2.32. The predicted octanol–water partition coefficient (Wildman–Crippen LogP) is 0.938. The normalized spacial score (nSPS) is 21.1. The van der Waals surface area contributed by atoms with Gasteiger partial charge in [-0.3, -0.25) is 9.27 Å². The second kappa shape index (κ2) is 5.56. The van der Waals surface area contributed by atoms with E-state index in [2.05, 4.69) is 9.71 Å². The number of rotatable bonds is 4. The van der Waals surface area contributed by atoms with E-state index in [9.17, 15) is 4.21 Å². The first-order chi connectivity index (χ1) is 9.66. The maximum atomic E-state index is 10.9. The monoisotopic (exact) mass is 314 g/mol. The molecule has 0 spiro atoms. The Morgan fingerprint density at radius 3 is 2.38 bits per heavy atom. The molecule has 0 bridgehead atoms. The standard InChI is InChI=1S/C12H19BN2O5S/c1-11(2)12(3,4)20-13(19-11)8-6-9(15-21(16)17)10(18-5)14-7-8/h6-7,15H,1-5H3,(H,16,17). The van der Waals surface area contributed by atoms with Gasteiger partial charge in [-0.1, -0.05) is 0 Å². The zero-order valence-electron chi connectivity index (χ0n) is 12.7. The van der Waals surface area contributed by atoms with E-state index in [4.69, 9.17) is 18.6 Å². The molecule has 1 unspecified atom stereocenters. The average Bonchev–Trinajstić information content (AvgIpc) is 2.57. The van der Waals surface area contributed by atoms with Crippen LogP contribution in [0.2, 0.25) is 0 Å². The van der Waals surface area contributed by atoms with Gasteiger partial charge in [-0.05, 0) is 33.8 Å². The fraction of sp³-hybridized carbons (Fsp3) is 0.583. The lowest BCUT2D eigenvalue weighted by Gasteiger charge is -2.32. The fourth-order valence-electron chi connectivity index (χ4n) is 1.91. The van der Waals surface area contributed by atoms with E-state index in [-0.39, 0.29) is 5.88 Å². The van der Waals surface area contributed by atoms with Crippen LogP contribution in [0.3, 0.4) is 0 Å². The molecule has 21 heavy (non-hydrogen) atoms. The Kier molecular flexibility index (Phi) is 4.30. The second-order valence-corrected chi connectivity index (χ2v) is 6.47. The third-order valence-electron chi connectivity index (χ3n) is 3.79.